The molecule has 2 N–H and O–H groups in total. The first kappa shape index (κ1) is 12.4. The summed E-state index contributed by atoms with van der Waals surface area (Å²) in [6, 6.07) is 5.08. The molecule has 0 bridgehead atoms. The molecular formula is C12H16N4O2. The van der Waals surface area contributed by atoms with Gasteiger partial charge in [0.2, 0.25) is 0 Å². The summed E-state index contributed by atoms with van der Waals surface area (Å²) in [5.74, 6) is 2.09. The number of hydrogen-bond donors (Lipinski definition) is 1. The summed E-state index contributed by atoms with van der Waals surface area (Å²) in [4.78, 5) is 4.15. The number of benzene rings is 1. The fraction of sp³-hybridized carbons (Fsp3) is 0.333. The van der Waals surface area contributed by atoms with E-state index in [2.05, 4.69) is 10.1 Å². The number of aromatic nitrogens is 3. The van der Waals surface area contributed by atoms with Crippen LogP contribution in [0.3, 0.4) is 0 Å². The summed E-state index contributed by atoms with van der Waals surface area (Å²) in [5, 5.41) is 4.01. The molecule has 1 heterocycles. The number of nitrogens with zero attached hydrogens (tertiary/aromatic N) is 3. The average molecular weight is 248 g/mol. The third-order valence-corrected chi connectivity index (χ3v) is 2.80. The zero-order chi connectivity index (χ0) is 13.1. The summed E-state index contributed by atoms with van der Waals surface area (Å²) in [5.41, 5.74) is 7.02. The minimum atomic E-state index is -0.414. The number of hydrogen-bond acceptors (Lipinski definition) is 5. The second-order valence-electron chi connectivity index (χ2n) is 3.83. The van der Waals surface area contributed by atoms with Gasteiger partial charge >= 0.3 is 0 Å². The SMILES string of the molecule is COc1ccc(OC)c(C(N)c2ncnn2C)c1. The van der Waals surface area contributed by atoms with E-state index in [0.717, 1.165) is 11.3 Å². The highest BCUT2D eigenvalue weighted by atomic mass is 16.5. The monoisotopic (exact) mass is 248 g/mol. The average Bonchev–Trinajstić information content (AvgIpc) is 2.83. The van der Waals surface area contributed by atoms with Crippen molar-refractivity contribution in [1.29, 1.82) is 0 Å². The molecule has 1 aromatic carbocycles. The molecule has 1 atom stereocenters. The van der Waals surface area contributed by atoms with Crippen LogP contribution in [0.5, 0.6) is 11.5 Å². The summed E-state index contributed by atoms with van der Waals surface area (Å²) < 4.78 is 12.2. The minimum Gasteiger partial charge on any atom is -0.497 e. The number of methoxy groups -OCH3 is 2. The third kappa shape index (κ3) is 2.14. The fourth-order valence-corrected chi connectivity index (χ4v) is 1.81. The quantitative estimate of drug-likeness (QED) is 0.869. The molecule has 6 heteroatoms. The van der Waals surface area contributed by atoms with Crippen LogP contribution in [0.15, 0.2) is 24.5 Å². The van der Waals surface area contributed by atoms with Crippen LogP contribution in [0.25, 0.3) is 0 Å². The van der Waals surface area contributed by atoms with E-state index in [0.29, 0.717) is 11.6 Å². The Kier molecular flexibility index (Phi) is 3.47. The van der Waals surface area contributed by atoms with Gasteiger partial charge in [-0.25, -0.2) is 4.98 Å². The number of aryl methyl sites for hydroxylation is 1. The Labute approximate surface area is 105 Å². The van der Waals surface area contributed by atoms with Crippen molar-refractivity contribution in [3.63, 3.8) is 0 Å². The lowest BCUT2D eigenvalue weighted by Crippen LogP contribution is -2.18. The van der Waals surface area contributed by atoms with Crippen LogP contribution in [-0.4, -0.2) is 29.0 Å². The first-order valence-electron chi connectivity index (χ1n) is 5.48. The molecule has 0 saturated heterocycles. The Balaban J connectivity index is 2.45. The first-order valence-corrected chi connectivity index (χ1v) is 5.48. The topological polar surface area (TPSA) is 75.2 Å². The highest BCUT2D eigenvalue weighted by molar-refractivity contribution is 5.44. The van der Waals surface area contributed by atoms with Crippen molar-refractivity contribution >= 4 is 0 Å². The van der Waals surface area contributed by atoms with Crippen LogP contribution in [0.1, 0.15) is 17.4 Å². The molecule has 1 unspecified atom stereocenters. The van der Waals surface area contributed by atoms with Crippen LogP contribution < -0.4 is 15.2 Å². The van der Waals surface area contributed by atoms with E-state index in [1.54, 1.807) is 25.9 Å². The lowest BCUT2D eigenvalue weighted by Gasteiger charge is -2.16. The van der Waals surface area contributed by atoms with Gasteiger partial charge in [0, 0.05) is 12.6 Å². The van der Waals surface area contributed by atoms with Gasteiger partial charge in [-0.1, -0.05) is 0 Å². The molecule has 0 radical (unpaired) electrons. The first-order chi connectivity index (χ1) is 8.67. The summed E-state index contributed by atoms with van der Waals surface area (Å²) in [6.45, 7) is 0. The second-order valence-corrected chi connectivity index (χ2v) is 3.83. The zero-order valence-electron chi connectivity index (χ0n) is 10.6. The van der Waals surface area contributed by atoms with Gasteiger partial charge in [-0.05, 0) is 18.2 Å². The molecule has 1 aromatic heterocycles. The van der Waals surface area contributed by atoms with Crippen LogP contribution >= 0.6 is 0 Å². The maximum Gasteiger partial charge on any atom is 0.148 e. The van der Waals surface area contributed by atoms with E-state index in [9.17, 15) is 0 Å². The Morgan fingerprint density at radius 3 is 2.61 bits per heavy atom. The van der Waals surface area contributed by atoms with E-state index >= 15 is 0 Å². The zero-order valence-corrected chi connectivity index (χ0v) is 10.6. The second kappa shape index (κ2) is 5.05. The Bertz CT molecular complexity index is 539. The maximum atomic E-state index is 6.20. The lowest BCUT2D eigenvalue weighted by molar-refractivity contribution is 0.396. The number of ether oxygens (including phenoxy) is 2. The predicted molar refractivity (Wildman–Crippen MR) is 66.6 cm³/mol. The van der Waals surface area contributed by atoms with Crippen molar-refractivity contribution in [1.82, 2.24) is 14.8 Å². The Morgan fingerprint density at radius 1 is 1.28 bits per heavy atom. The molecule has 18 heavy (non-hydrogen) atoms. The van der Waals surface area contributed by atoms with E-state index in [1.165, 1.54) is 6.33 Å². The van der Waals surface area contributed by atoms with Crippen molar-refractivity contribution in [2.75, 3.05) is 14.2 Å². The van der Waals surface area contributed by atoms with Gasteiger partial charge in [0.25, 0.3) is 0 Å². The van der Waals surface area contributed by atoms with Gasteiger partial charge in [-0.15, -0.1) is 0 Å². The molecule has 0 amide bonds. The van der Waals surface area contributed by atoms with E-state index < -0.39 is 6.04 Å². The molecule has 96 valence electrons. The molecule has 6 nitrogen and oxygen atoms in total. The number of nitrogens with two attached hydrogens (primary N) is 1. The van der Waals surface area contributed by atoms with Gasteiger partial charge in [0.15, 0.2) is 0 Å². The molecule has 0 fully saturated rings. The maximum absolute atomic E-state index is 6.20. The van der Waals surface area contributed by atoms with Gasteiger partial charge < -0.3 is 15.2 Å². The molecule has 0 saturated carbocycles. The van der Waals surface area contributed by atoms with Crippen molar-refractivity contribution in [3.05, 3.63) is 35.9 Å². The largest absolute Gasteiger partial charge is 0.497 e. The molecular weight excluding hydrogens is 232 g/mol. The highest BCUT2D eigenvalue weighted by Crippen LogP contribution is 2.30. The summed E-state index contributed by atoms with van der Waals surface area (Å²) in [7, 11) is 5.02. The predicted octanol–water partition coefficient (Wildman–Crippen LogP) is 0.880. The van der Waals surface area contributed by atoms with Crippen LogP contribution in [0, 0.1) is 0 Å². The minimum absolute atomic E-state index is 0.414. The summed E-state index contributed by atoms with van der Waals surface area (Å²) in [6.07, 6.45) is 1.47. The summed E-state index contributed by atoms with van der Waals surface area (Å²) >= 11 is 0. The van der Waals surface area contributed by atoms with E-state index in [4.69, 9.17) is 15.2 Å². The van der Waals surface area contributed by atoms with Crippen molar-refractivity contribution < 1.29 is 9.47 Å². The van der Waals surface area contributed by atoms with Crippen LogP contribution in [0.4, 0.5) is 0 Å². The van der Waals surface area contributed by atoms with E-state index in [-0.39, 0.29) is 0 Å². The van der Waals surface area contributed by atoms with Gasteiger partial charge in [0.1, 0.15) is 23.7 Å². The lowest BCUT2D eigenvalue weighted by atomic mass is 10.1. The van der Waals surface area contributed by atoms with E-state index in [1.807, 2.05) is 18.2 Å². The Hall–Kier alpha value is -2.08. The van der Waals surface area contributed by atoms with Gasteiger partial charge in [-0.2, -0.15) is 5.10 Å². The Morgan fingerprint density at radius 2 is 2.06 bits per heavy atom. The van der Waals surface area contributed by atoms with Crippen molar-refractivity contribution in [2.24, 2.45) is 12.8 Å². The molecule has 0 spiro atoms. The highest BCUT2D eigenvalue weighted by Gasteiger charge is 2.19. The third-order valence-electron chi connectivity index (χ3n) is 2.80. The standard InChI is InChI=1S/C12H16N4O2/c1-16-12(14-7-15-16)11(13)9-6-8(17-2)4-5-10(9)18-3/h4-7,11H,13H2,1-3H3. The molecule has 2 rings (SSSR count). The van der Waals surface area contributed by atoms with Crippen molar-refractivity contribution in [3.8, 4) is 11.5 Å². The van der Waals surface area contributed by atoms with Gasteiger partial charge in [-0.3, -0.25) is 4.68 Å². The van der Waals surface area contributed by atoms with Crippen molar-refractivity contribution in [2.45, 2.75) is 6.04 Å². The molecule has 2 aromatic rings. The smallest absolute Gasteiger partial charge is 0.148 e. The molecule has 0 aliphatic carbocycles. The normalized spacial score (nSPS) is 12.2. The van der Waals surface area contributed by atoms with Crippen LogP contribution in [-0.2, 0) is 7.05 Å². The number of rotatable bonds is 4. The van der Waals surface area contributed by atoms with Crippen LogP contribution in [0.2, 0.25) is 0 Å². The molecule has 0 aliphatic heterocycles. The fourth-order valence-electron chi connectivity index (χ4n) is 1.81. The van der Waals surface area contributed by atoms with Gasteiger partial charge in [0.05, 0.1) is 20.3 Å². The molecule has 0 aliphatic rings.